The van der Waals surface area contributed by atoms with Crippen LogP contribution in [0.5, 0.6) is 0 Å². The maximum Gasteiger partial charge on any atom is 0.0643 e. The van der Waals surface area contributed by atoms with Crippen molar-refractivity contribution in [2.24, 2.45) is 5.84 Å². The van der Waals surface area contributed by atoms with E-state index in [2.05, 4.69) is 55.6 Å². The van der Waals surface area contributed by atoms with E-state index in [-0.39, 0.29) is 11.6 Å². The quantitative estimate of drug-likeness (QED) is 0.632. The Morgan fingerprint density at radius 1 is 1.32 bits per heavy atom. The number of hydrazine groups is 1. The minimum atomic E-state index is 0.154. The first-order valence-electron chi connectivity index (χ1n) is 7.36. The predicted molar refractivity (Wildman–Crippen MR) is 80.8 cm³/mol. The third kappa shape index (κ3) is 2.69. The van der Waals surface area contributed by atoms with Crippen molar-refractivity contribution in [1.82, 2.24) is 10.3 Å². The van der Waals surface area contributed by atoms with Crippen molar-refractivity contribution in [3.8, 4) is 0 Å². The predicted octanol–water partition coefficient (Wildman–Crippen LogP) is 2.63. The van der Waals surface area contributed by atoms with E-state index in [9.17, 15) is 0 Å². The maximum absolute atomic E-state index is 5.92. The zero-order valence-corrected chi connectivity index (χ0v) is 12.4. The number of hydrogen-bond acceptors (Lipinski definition) is 3. The fourth-order valence-electron chi connectivity index (χ4n) is 3.54. The minimum absolute atomic E-state index is 0.154. The highest BCUT2D eigenvalue weighted by Crippen LogP contribution is 2.43. The van der Waals surface area contributed by atoms with Gasteiger partial charge in [-0.1, -0.05) is 44.0 Å². The van der Waals surface area contributed by atoms with E-state index in [0.29, 0.717) is 0 Å². The van der Waals surface area contributed by atoms with E-state index in [1.807, 2.05) is 0 Å². The Bertz CT molecular complexity index is 408. The van der Waals surface area contributed by atoms with Gasteiger partial charge >= 0.3 is 0 Å². The summed E-state index contributed by atoms with van der Waals surface area (Å²) in [5.41, 5.74) is 5.94. The molecule has 3 heteroatoms. The number of nitrogens with zero attached hydrogens (tertiary/aromatic N) is 1. The summed E-state index contributed by atoms with van der Waals surface area (Å²) in [5, 5.41) is 0. The van der Waals surface area contributed by atoms with Gasteiger partial charge in [-0.25, -0.2) is 0 Å². The molecule has 1 unspecified atom stereocenters. The molecule has 1 fully saturated rings. The molecule has 2 rings (SSSR count). The second-order valence-corrected chi connectivity index (χ2v) is 5.90. The highest BCUT2D eigenvalue weighted by molar-refractivity contribution is 5.29. The standard InChI is InChI=1S/C16H27N3/c1-4-13-8-7-9-14(12-13)15(18-17)16(19(2)3)10-5-6-11-16/h7-9,12,15,18H,4-6,10-11,17H2,1-3H3. The molecule has 0 aliphatic heterocycles. The first-order valence-corrected chi connectivity index (χ1v) is 7.36. The summed E-state index contributed by atoms with van der Waals surface area (Å²) in [7, 11) is 4.36. The molecule has 3 nitrogen and oxygen atoms in total. The van der Waals surface area contributed by atoms with Gasteiger partial charge < -0.3 is 4.90 Å². The van der Waals surface area contributed by atoms with Gasteiger partial charge in [0.2, 0.25) is 0 Å². The van der Waals surface area contributed by atoms with Gasteiger partial charge in [0.05, 0.1) is 6.04 Å². The lowest BCUT2D eigenvalue weighted by Crippen LogP contribution is -2.53. The van der Waals surface area contributed by atoms with Gasteiger partial charge in [-0.05, 0) is 44.5 Å². The second kappa shape index (κ2) is 6.04. The van der Waals surface area contributed by atoms with Crippen molar-refractivity contribution in [1.29, 1.82) is 0 Å². The number of benzene rings is 1. The molecule has 3 N–H and O–H groups in total. The normalized spacial score (nSPS) is 19.8. The van der Waals surface area contributed by atoms with E-state index in [4.69, 9.17) is 5.84 Å². The third-order valence-corrected chi connectivity index (χ3v) is 4.76. The van der Waals surface area contributed by atoms with Crippen LogP contribution in [-0.2, 0) is 6.42 Å². The molecule has 1 atom stereocenters. The monoisotopic (exact) mass is 261 g/mol. The fraction of sp³-hybridized carbons (Fsp3) is 0.625. The molecule has 1 aliphatic carbocycles. The Kier molecular flexibility index (Phi) is 4.61. The van der Waals surface area contributed by atoms with Gasteiger partial charge in [0, 0.05) is 5.54 Å². The zero-order chi connectivity index (χ0) is 13.9. The van der Waals surface area contributed by atoms with E-state index >= 15 is 0 Å². The van der Waals surface area contributed by atoms with Crippen LogP contribution < -0.4 is 11.3 Å². The molecule has 1 aromatic carbocycles. The molecule has 1 saturated carbocycles. The van der Waals surface area contributed by atoms with Gasteiger partial charge in [0.25, 0.3) is 0 Å². The van der Waals surface area contributed by atoms with Crippen LogP contribution in [-0.4, -0.2) is 24.5 Å². The van der Waals surface area contributed by atoms with Crippen molar-refractivity contribution in [3.05, 3.63) is 35.4 Å². The van der Waals surface area contributed by atoms with Crippen LogP contribution in [0, 0.1) is 0 Å². The maximum atomic E-state index is 5.92. The molecule has 0 saturated heterocycles. The molecule has 106 valence electrons. The van der Waals surface area contributed by atoms with Crippen molar-refractivity contribution < 1.29 is 0 Å². The molecule has 0 bridgehead atoms. The lowest BCUT2D eigenvalue weighted by molar-refractivity contribution is 0.105. The lowest BCUT2D eigenvalue weighted by atomic mass is 9.82. The molecule has 0 heterocycles. The third-order valence-electron chi connectivity index (χ3n) is 4.76. The lowest BCUT2D eigenvalue weighted by Gasteiger charge is -2.43. The number of aryl methyl sites for hydroxylation is 1. The van der Waals surface area contributed by atoms with Crippen LogP contribution in [0.4, 0.5) is 0 Å². The number of rotatable bonds is 5. The molecule has 0 amide bonds. The first-order chi connectivity index (χ1) is 9.14. The molecule has 0 radical (unpaired) electrons. The van der Waals surface area contributed by atoms with E-state index in [1.54, 1.807) is 0 Å². The number of nitrogens with one attached hydrogen (secondary N) is 1. The Balaban J connectivity index is 2.36. The summed E-state index contributed by atoms with van der Waals surface area (Å²) in [6.45, 7) is 2.20. The largest absolute Gasteiger partial charge is 0.302 e. The zero-order valence-electron chi connectivity index (χ0n) is 12.4. The molecule has 1 aromatic rings. The average molecular weight is 261 g/mol. The molecule has 0 aromatic heterocycles. The van der Waals surface area contributed by atoms with Crippen molar-refractivity contribution in [2.45, 2.75) is 50.6 Å². The Morgan fingerprint density at radius 2 is 2.00 bits per heavy atom. The SMILES string of the molecule is CCc1cccc(C(NN)C2(N(C)C)CCCC2)c1. The van der Waals surface area contributed by atoms with Crippen LogP contribution in [0.3, 0.4) is 0 Å². The number of nitrogens with two attached hydrogens (primary N) is 1. The van der Waals surface area contributed by atoms with Crippen LogP contribution in [0.25, 0.3) is 0 Å². The summed E-state index contributed by atoms with van der Waals surface area (Å²) < 4.78 is 0. The van der Waals surface area contributed by atoms with Gasteiger partial charge in [-0.3, -0.25) is 11.3 Å². The summed E-state index contributed by atoms with van der Waals surface area (Å²) >= 11 is 0. The van der Waals surface area contributed by atoms with Crippen LogP contribution in [0.1, 0.15) is 49.8 Å². The van der Waals surface area contributed by atoms with Gasteiger partial charge in [0.1, 0.15) is 0 Å². The van der Waals surface area contributed by atoms with E-state index in [0.717, 1.165) is 6.42 Å². The highest BCUT2D eigenvalue weighted by atomic mass is 15.3. The van der Waals surface area contributed by atoms with Gasteiger partial charge in [-0.15, -0.1) is 0 Å². The van der Waals surface area contributed by atoms with Gasteiger partial charge in [-0.2, -0.15) is 0 Å². The Labute approximate surface area is 117 Å². The number of likely N-dealkylation sites (N-methyl/N-ethyl adjacent to an activating group) is 1. The Morgan fingerprint density at radius 3 is 2.53 bits per heavy atom. The van der Waals surface area contributed by atoms with Crippen LogP contribution in [0.15, 0.2) is 24.3 Å². The molecule has 0 spiro atoms. The topological polar surface area (TPSA) is 41.3 Å². The number of hydrogen-bond donors (Lipinski definition) is 2. The average Bonchev–Trinajstić information content (AvgIpc) is 2.90. The Hall–Kier alpha value is -0.900. The first kappa shape index (κ1) is 14.5. The highest BCUT2D eigenvalue weighted by Gasteiger charge is 2.43. The summed E-state index contributed by atoms with van der Waals surface area (Å²) in [5.74, 6) is 5.92. The molecular formula is C16H27N3. The van der Waals surface area contributed by atoms with E-state index in [1.165, 1.54) is 36.8 Å². The summed E-state index contributed by atoms with van der Waals surface area (Å²) in [6, 6.07) is 9.04. The molecular weight excluding hydrogens is 234 g/mol. The molecule has 1 aliphatic rings. The van der Waals surface area contributed by atoms with E-state index < -0.39 is 0 Å². The summed E-state index contributed by atoms with van der Waals surface area (Å²) in [4.78, 5) is 2.36. The second-order valence-electron chi connectivity index (χ2n) is 5.90. The smallest absolute Gasteiger partial charge is 0.0643 e. The van der Waals surface area contributed by atoms with Crippen molar-refractivity contribution in [2.75, 3.05) is 14.1 Å². The summed E-state index contributed by atoms with van der Waals surface area (Å²) in [6.07, 6.45) is 6.09. The van der Waals surface area contributed by atoms with Crippen molar-refractivity contribution in [3.63, 3.8) is 0 Å². The van der Waals surface area contributed by atoms with Gasteiger partial charge in [0.15, 0.2) is 0 Å². The van der Waals surface area contributed by atoms with Crippen molar-refractivity contribution >= 4 is 0 Å². The van der Waals surface area contributed by atoms with Crippen LogP contribution >= 0.6 is 0 Å². The molecule has 19 heavy (non-hydrogen) atoms. The van der Waals surface area contributed by atoms with Crippen LogP contribution in [0.2, 0.25) is 0 Å². The minimum Gasteiger partial charge on any atom is -0.302 e. The fourth-order valence-corrected chi connectivity index (χ4v) is 3.54.